The van der Waals surface area contributed by atoms with Crippen LogP contribution < -0.4 is 9.47 Å². The third-order valence-corrected chi connectivity index (χ3v) is 2.15. The van der Waals surface area contributed by atoms with E-state index >= 15 is 0 Å². The number of carboxylic acids is 1. The summed E-state index contributed by atoms with van der Waals surface area (Å²) in [4.78, 5) is 10.3. The van der Waals surface area contributed by atoms with Gasteiger partial charge in [0.2, 0.25) is 0 Å². The van der Waals surface area contributed by atoms with Crippen LogP contribution in [0.25, 0.3) is 0 Å². The maximum atomic E-state index is 10.3. The van der Waals surface area contributed by atoms with Crippen molar-refractivity contribution in [3.8, 4) is 11.5 Å². The first-order chi connectivity index (χ1) is 7.65. The Morgan fingerprint density at radius 3 is 3.00 bits per heavy atom. The zero-order valence-electron chi connectivity index (χ0n) is 8.83. The highest BCUT2D eigenvalue weighted by Gasteiger charge is 2.09. The molecular weight excluding hydrogens is 232 g/mol. The second-order valence-corrected chi connectivity index (χ2v) is 3.44. The highest BCUT2D eigenvalue weighted by Crippen LogP contribution is 2.34. The van der Waals surface area contributed by atoms with Crippen LogP contribution in [0.1, 0.15) is 12.8 Å². The Kier molecular flexibility index (Phi) is 4.92. The van der Waals surface area contributed by atoms with Crippen LogP contribution in [-0.4, -0.2) is 24.8 Å². The van der Waals surface area contributed by atoms with Crippen molar-refractivity contribution >= 4 is 17.6 Å². The minimum Gasteiger partial charge on any atom is -0.492 e. The van der Waals surface area contributed by atoms with E-state index in [2.05, 4.69) is 6.07 Å². The van der Waals surface area contributed by atoms with Gasteiger partial charge in [-0.3, -0.25) is 4.79 Å². The molecule has 16 heavy (non-hydrogen) atoms. The summed E-state index contributed by atoms with van der Waals surface area (Å²) in [5, 5.41) is 8.88. The maximum Gasteiger partial charge on any atom is 0.303 e. The largest absolute Gasteiger partial charge is 0.492 e. The highest BCUT2D eigenvalue weighted by atomic mass is 35.5. The van der Waals surface area contributed by atoms with Crippen molar-refractivity contribution in [1.29, 1.82) is 0 Å². The van der Waals surface area contributed by atoms with Gasteiger partial charge in [-0.1, -0.05) is 11.6 Å². The lowest BCUT2D eigenvalue weighted by atomic mass is 10.3. The van der Waals surface area contributed by atoms with Gasteiger partial charge in [-0.25, -0.2) is 0 Å². The molecule has 0 heterocycles. The molecule has 0 fully saturated rings. The Labute approximate surface area is 98.7 Å². The maximum absolute atomic E-state index is 10.3. The van der Waals surface area contributed by atoms with Crippen LogP contribution in [0.4, 0.5) is 0 Å². The average Bonchev–Trinajstić information content (AvgIpc) is 2.25. The van der Waals surface area contributed by atoms with Crippen molar-refractivity contribution < 1.29 is 19.4 Å². The first kappa shape index (κ1) is 12.6. The quantitative estimate of drug-likeness (QED) is 0.780. The van der Waals surface area contributed by atoms with E-state index in [-0.39, 0.29) is 13.0 Å². The van der Waals surface area contributed by atoms with E-state index in [0.717, 1.165) is 0 Å². The van der Waals surface area contributed by atoms with Crippen LogP contribution in [0.5, 0.6) is 11.5 Å². The molecule has 0 aliphatic carbocycles. The van der Waals surface area contributed by atoms with Crippen LogP contribution >= 0.6 is 11.6 Å². The molecule has 1 aromatic carbocycles. The number of ether oxygens (including phenoxy) is 2. The number of hydrogen-bond donors (Lipinski definition) is 1. The van der Waals surface area contributed by atoms with Crippen molar-refractivity contribution in [3.63, 3.8) is 0 Å². The van der Waals surface area contributed by atoms with Crippen LogP contribution in [0.2, 0.25) is 5.02 Å². The van der Waals surface area contributed by atoms with Gasteiger partial charge in [0.1, 0.15) is 0 Å². The van der Waals surface area contributed by atoms with Crippen LogP contribution in [0.15, 0.2) is 12.1 Å². The number of halogens is 1. The van der Waals surface area contributed by atoms with Crippen LogP contribution in [-0.2, 0) is 4.79 Å². The molecule has 4 nitrogen and oxygen atoms in total. The van der Waals surface area contributed by atoms with E-state index in [1.807, 2.05) is 0 Å². The predicted octanol–water partition coefficient (Wildman–Crippen LogP) is 2.39. The molecule has 0 saturated heterocycles. The monoisotopic (exact) mass is 243 g/mol. The number of carbonyl (C=O) groups is 1. The standard InChI is InChI=1S/C11H12ClO4/c1-15-9-5-2-4-8(12)11(9)16-7-3-6-10(13)14/h2,4H,3,6-7H2,1H3,(H,13,14). The van der Waals surface area contributed by atoms with E-state index in [0.29, 0.717) is 22.9 Å². The van der Waals surface area contributed by atoms with Gasteiger partial charge < -0.3 is 14.6 Å². The minimum absolute atomic E-state index is 0.0660. The van der Waals surface area contributed by atoms with Crippen molar-refractivity contribution in [2.75, 3.05) is 13.7 Å². The summed E-state index contributed by atoms with van der Waals surface area (Å²) in [6.07, 6.45) is 0.486. The first-order valence-corrected chi connectivity index (χ1v) is 5.11. The smallest absolute Gasteiger partial charge is 0.303 e. The lowest BCUT2D eigenvalue weighted by molar-refractivity contribution is -0.137. The third-order valence-electron chi connectivity index (χ3n) is 1.85. The van der Waals surface area contributed by atoms with Gasteiger partial charge in [0, 0.05) is 12.5 Å². The van der Waals surface area contributed by atoms with Gasteiger partial charge in [0.15, 0.2) is 11.5 Å². The highest BCUT2D eigenvalue weighted by molar-refractivity contribution is 6.32. The fourth-order valence-electron chi connectivity index (χ4n) is 1.12. The SMILES string of the molecule is COc1[c]ccc(Cl)c1OCCCC(=O)O. The molecular formula is C11H12ClO4. The molecule has 0 aliphatic heterocycles. The van der Waals surface area contributed by atoms with Gasteiger partial charge in [-0.2, -0.15) is 0 Å². The van der Waals surface area contributed by atoms with Crippen LogP contribution in [0.3, 0.4) is 0 Å². The van der Waals surface area contributed by atoms with E-state index < -0.39 is 5.97 Å². The van der Waals surface area contributed by atoms with Gasteiger partial charge in [-0.15, -0.1) is 0 Å². The predicted molar refractivity (Wildman–Crippen MR) is 59.2 cm³/mol. The number of methoxy groups -OCH3 is 1. The molecule has 5 heteroatoms. The fourth-order valence-corrected chi connectivity index (χ4v) is 1.33. The Morgan fingerprint density at radius 1 is 1.62 bits per heavy atom. The van der Waals surface area contributed by atoms with Gasteiger partial charge in [0.25, 0.3) is 0 Å². The lowest BCUT2D eigenvalue weighted by Gasteiger charge is -2.10. The van der Waals surface area contributed by atoms with Crippen molar-refractivity contribution in [3.05, 3.63) is 23.2 Å². The van der Waals surface area contributed by atoms with Gasteiger partial charge in [-0.05, 0) is 18.6 Å². The third kappa shape index (κ3) is 3.62. The van der Waals surface area contributed by atoms with Crippen molar-refractivity contribution in [2.24, 2.45) is 0 Å². The minimum atomic E-state index is -0.846. The van der Waals surface area contributed by atoms with E-state index in [1.165, 1.54) is 7.11 Å². The molecule has 0 aromatic heterocycles. The zero-order valence-corrected chi connectivity index (χ0v) is 9.58. The number of carboxylic acid groups (broad SMARTS) is 1. The van der Waals surface area contributed by atoms with E-state index in [9.17, 15) is 4.79 Å². The first-order valence-electron chi connectivity index (χ1n) is 4.74. The molecule has 1 rings (SSSR count). The summed E-state index contributed by atoms with van der Waals surface area (Å²) in [7, 11) is 1.49. The van der Waals surface area contributed by atoms with Crippen LogP contribution in [0, 0.1) is 6.07 Å². The molecule has 0 saturated carbocycles. The summed E-state index contributed by atoms with van der Waals surface area (Å²) in [5.74, 6) is -0.0267. The number of hydrogen-bond acceptors (Lipinski definition) is 3. The molecule has 0 aliphatic rings. The molecule has 1 N–H and O–H groups in total. The number of rotatable bonds is 6. The Morgan fingerprint density at radius 2 is 2.38 bits per heavy atom. The zero-order chi connectivity index (χ0) is 12.0. The van der Waals surface area contributed by atoms with Gasteiger partial charge in [0.05, 0.1) is 18.7 Å². The van der Waals surface area contributed by atoms with Crippen molar-refractivity contribution in [1.82, 2.24) is 0 Å². The van der Waals surface area contributed by atoms with E-state index in [4.69, 9.17) is 26.2 Å². The number of aliphatic carboxylic acids is 1. The number of benzene rings is 1. The molecule has 0 unspecified atom stereocenters. The summed E-state index contributed by atoms with van der Waals surface area (Å²) in [6, 6.07) is 6.09. The summed E-state index contributed by atoms with van der Waals surface area (Å²) in [6.45, 7) is 0.278. The summed E-state index contributed by atoms with van der Waals surface area (Å²) < 4.78 is 10.4. The van der Waals surface area contributed by atoms with E-state index in [1.54, 1.807) is 12.1 Å². The second-order valence-electron chi connectivity index (χ2n) is 3.03. The molecule has 1 aromatic rings. The van der Waals surface area contributed by atoms with Crippen molar-refractivity contribution in [2.45, 2.75) is 12.8 Å². The topological polar surface area (TPSA) is 55.8 Å². The molecule has 87 valence electrons. The molecule has 0 atom stereocenters. The molecule has 1 radical (unpaired) electrons. The summed E-state index contributed by atoms with van der Waals surface area (Å²) in [5.41, 5.74) is 0. The van der Waals surface area contributed by atoms with Gasteiger partial charge >= 0.3 is 5.97 Å². The molecule has 0 bridgehead atoms. The Bertz CT molecular complexity index is 365. The fraction of sp³-hybridized carbons (Fsp3) is 0.364. The normalized spacial score (nSPS) is 9.88. The lowest BCUT2D eigenvalue weighted by Crippen LogP contribution is -2.03. The second kappa shape index (κ2) is 6.23. The summed E-state index contributed by atoms with van der Waals surface area (Å²) >= 11 is 5.91. The Hall–Kier alpha value is -1.42. The Balaban J connectivity index is 2.55. The average molecular weight is 244 g/mol. The molecule has 0 spiro atoms. The molecule has 0 amide bonds.